The molecule has 20 heavy (non-hydrogen) atoms. The van der Waals surface area contributed by atoms with Gasteiger partial charge in [-0.05, 0) is 88.0 Å². The molecular formula is C13H7Br5O2. The Bertz CT molecular complexity index is 658. The largest absolute Gasteiger partial charge is 0.493 e. The van der Waals surface area contributed by atoms with Crippen LogP contribution in [-0.2, 0) is 0 Å². The van der Waals surface area contributed by atoms with Crippen LogP contribution in [0.25, 0.3) is 0 Å². The zero-order valence-electron chi connectivity index (χ0n) is 10.0. The normalized spacial score (nSPS) is 10.5. The van der Waals surface area contributed by atoms with E-state index in [1.54, 1.807) is 7.11 Å². The fourth-order valence-corrected chi connectivity index (χ4v) is 4.14. The Hall–Kier alpha value is 0.440. The third kappa shape index (κ3) is 3.80. The van der Waals surface area contributed by atoms with Gasteiger partial charge in [-0.1, -0.05) is 15.9 Å². The van der Waals surface area contributed by atoms with Crippen molar-refractivity contribution in [2.24, 2.45) is 0 Å². The SMILES string of the molecule is COc1cc(Br)cc(Br)c1Oc1cc(Br)c(Br)cc1Br. The van der Waals surface area contributed by atoms with Crippen LogP contribution in [0.5, 0.6) is 17.2 Å². The quantitative estimate of drug-likeness (QED) is 0.347. The highest BCUT2D eigenvalue weighted by atomic mass is 79.9. The average molecular weight is 595 g/mol. The number of benzene rings is 2. The van der Waals surface area contributed by atoms with Crippen molar-refractivity contribution in [3.63, 3.8) is 0 Å². The molecule has 0 aliphatic rings. The van der Waals surface area contributed by atoms with Crippen molar-refractivity contribution in [1.82, 2.24) is 0 Å². The molecule has 2 nitrogen and oxygen atoms in total. The van der Waals surface area contributed by atoms with Gasteiger partial charge in [-0.2, -0.15) is 0 Å². The lowest BCUT2D eigenvalue weighted by molar-refractivity contribution is 0.376. The monoisotopic (exact) mass is 590 g/mol. The minimum atomic E-state index is 0.616. The van der Waals surface area contributed by atoms with Gasteiger partial charge < -0.3 is 9.47 Å². The van der Waals surface area contributed by atoms with Gasteiger partial charge >= 0.3 is 0 Å². The van der Waals surface area contributed by atoms with Gasteiger partial charge in [0.2, 0.25) is 0 Å². The van der Waals surface area contributed by atoms with Crippen LogP contribution in [-0.4, -0.2) is 7.11 Å². The standard InChI is InChI=1S/C13H7Br5O2/c1-19-12-3-6(14)2-10(18)13(12)20-11-5-8(16)7(15)4-9(11)17/h2-5H,1H3. The molecular weight excluding hydrogens is 588 g/mol. The summed E-state index contributed by atoms with van der Waals surface area (Å²) >= 11 is 17.3. The summed E-state index contributed by atoms with van der Waals surface area (Å²) in [6, 6.07) is 7.54. The van der Waals surface area contributed by atoms with E-state index in [-0.39, 0.29) is 0 Å². The summed E-state index contributed by atoms with van der Waals surface area (Å²) in [4.78, 5) is 0. The summed E-state index contributed by atoms with van der Waals surface area (Å²) in [6.07, 6.45) is 0. The molecule has 0 spiro atoms. The van der Waals surface area contributed by atoms with Gasteiger partial charge in [-0.3, -0.25) is 0 Å². The molecule has 2 rings (SSSR count). The van der Waals surface area contributed by atoms with Crippen molar-refractivity contribution in [2.75, 3.05) is 7.11 Å². The zero-order chi connectivity index (χ0) is 14.9. The average Bonchev–Trinajstić information content (AvgIpc) is 2.38. The van der Waals surface area contributed by atoms with E-state index in [1.807, 2.05) is 24.3 Å². The second-order valence-electron chi connectivity index (χ2n) is 3.72. The first-order valence-electron chi connectivity index (χ1n) is 5.27. The highest BCUT2D eigenvalue weighted by Crippen LogP contribution is 2.44. The Morgan fingerprint density at radius 1 is 0.700 bits per heavy atom. The van der Waals surface area contributed by atoms with Gasteiger partial charge in [0, 0.05) is 13.4 Å². The number of methoxy groups -OCH3 is 1. The molecule has 0 atom stereocenters. The van der Waals surface area contributed by atoms with E-state index in [0.29, 0.717) is 17.2 Å². The Labute approximate surface area is 158 Å². The first-order valence-corrected chi connectivity index (χ1v) is 9.24. The summed E-state index contributed by atoms with van der Waals surface area (Å²) in [5.41, 5.74) is 0. The Balaban J connectivity index is 2.47. The molecule has 0 aliphatic carbocycles. The van der Waals surface area contributed by atoms with Gasteiger partial charge in [0.15, 0.2) is 11.5 Å². The van der Waals surface area contributed by atoms with Crippen molar-refractivity contribution in [1.29, 1.82) is 0 Å². The highest BCUT2D eigenvalue weighted by Gasteiger charge is 2.14. The van der Waals surface area contributed by atoms with Crippen LogP contribution in [0.15, 0.2) is 46.6 Å². The molecule has 0 aromatic heterocycles. The van der Waals surface area contributed by atoms with Crippen molar-refractivity contribution in [3.05, 3.63) is 46.6 Å². The summed E-state index contributed by atoms with van der Waals surface area (Å²) in [7, 11) is 1.60. The summed E-state index contributed by atoms with van der Waals surface area (Å²) in [5.74, 6) is 1.93. The second kappa shape index (κ2) is 7.13. The second-order valence-corrected chi connectivity index (χ2v) is 8.05. The number of ether oxygens (including phenoxy) is 2. The van der Waals surface area contributed by atoms with Crippen molar-refractivity contribution in [3.8, 4) is 17.2 Å². The molecule has 0 aliphatic heterocycles. The van der Waals surface area contributed by atoms with E-state index >= 15 is 0 Å². The van der Waals surface area contributed by atoms with Crippen LogP contribution in [0.2, 0.25) is 0 Å². The Kier molecular flexibility index (Phi) is 5.99. The van der Waals surface area contributed by atoms with Gasteiger partial charge in [-0.15, -0.1) is 0 Å². The molecule has 0 bridgehead atoms. The third-order valence-corrected chi connectivity index (χ3v) is 5.89. The van der Waals surface area contributed by atoms with E-state index < -0.39 is 0 Å². The summed E-state index contributed by atoms with van der Waals surface area (Å²) in [6.45, 7) is 0. The molecule has 2 aromatic rings. The van der Waals surface area contributed by atoms with Crippen LogP contribution in [0.3, 0.4) is 0 Å². The predicted octanol–water partition coefficient (Wildman–Crippen LogP) is 7.30. The van der Waals surface area contributed by atoms with Gasteiger partial charge in [0.05, 0.1) is 16.1 Å². The van der Waals surface area contributed by atoms with Gasteiger partial charge in [-0.25, -0.2) is 0 Å². The van der Waals surface area contributed by atoms with Crippen LogP contribution < -0.4 is 9.47 Å². The van der Waals surface area contributed by atoms with Crippen LogP contribution >= 0.6 is 79.6 Å². The number of halogens is 5. The minimum absolute atomic E-state index is 0.616. The number of rotatable bonds is 3. The molecule has 0 saturated carbocycles. The van der Waals surface area contributed by atoms with E-state index in [0.717, 1.165) is 22.4 Å². The van der Waals surface area contributed by atoms with E-state index in [1.165, 1.54) is 0 Å². The maximum Gasteiger partial charge on any atom is 0.183 e. The lowest BCUT2D eigenvalue weighted by Gasteiger charge is -2.14. The maximum absolute atomic E-state index is 5.96. The summed E-state index contributed by atoms with van der Waals surface area (Å²) < 4.78 is 15.7. The lowest BCUT2D eigenvalue weighted by Crippen LogP contribution is -1.93. The van der Waals surface area contributed by atoms with Crippen LogP contribution in [0, 0.1) is 0 Å². The van der Waals surface area contributed by atoms with E-state index in [2.05, 4.69) is 79.6 Å². The van der Waals surface area contributed by atoms with Crippen LogP contribution in [0.1, 0.15) is 0 Å². The molecule has 106 valence electrons. The van der Waals surface area contributed by atoms with Crippen LogP contribution in [0.4, 0.5) is 0 Å². The first-order chi connectivity index (χ1) is 9.42. The Morgan fingerprint density at radius 3 is 2.00 bits per heavy atom. The topological polar surface area (TPSA) is 18.5 Å². The van der Waals surface area contributed by atoms with Crippen molar-refractivity contribution < 1.29 is 9.47 Å². The third-order valence-electron chi connectivity index (χ3n) is 2.38. The van der Waals surface area contributed by atoms with E-state index in [9.17, 15) is 0 Å². The predicted molar refractivity (Wildman–Crippen MR) is 98.0 cm³/mol. The van der Waals surface area contributed by atoms with Crippen molar-refractivity contribution in [2.45, 2.75) is 0 Å². The molecule has 0 saturated heterocycles. The Morgan fingerprint density at radius 2 is 1.35 bits per heavy atom. The first kappa shape index (κ1) is 16.8. The van der Waals surface area contributed by atoms with Crippen molar-refractivity contribution >= 4 is 79.6 Å². The molecule has 0 heterocycles. The number of hydrogen-bond donors (Lipinski definition) is 0. The smallest absolute Gasteiger partial charge is 0.183 e. The minimum Gasteiger partial charge on any atom is -0.493 e. The molecule has 0 fully saturated rings. The fraction of sp³-hybridized carbons (Fsp3) is 0.0769. The highest BCUT2D eigenvalue weighted by molar-refractivity contribution is 9.13. The summed E-state index contributed by atoms with van der Waals surface area (Å²) in [5, 5.41) is 0. The molecule has 0 amide bonds. The molecule has 2 aromatic carbocycles. The molecule has 0 unspecified atom stereocenters. The molecule has 7 heteroatoms. The molecule has 0 radical (unpaired) electrons. The fourth-order valence-electron chi connectivity index (χ4n) is 1.48. The van der Waals surface area contributed by atoms with Gasteiger partial charge in [0.1, 0.15) is 5.75 Å². The van der Waals surface area contributed by atoms with E-state index in [4.69, 9.17) is 9.47 Å². The van der Waals surface area contributed by atoms with Gasteiger partial charge in [0.25, 0.3) is 0 Å². The number of hydrogen-bond acceptors (Lipinski definition) is 2. The zero-order valence-corrected chi connectivity index (χ0v) is 17.9. The molecule has 0 N–H and O–H groups in total. The lowest BCUT2D eigenvalue weighted by atomic mass is 10.3. The maximum atomic E-state index is 5.96.